The van der Waals surface area contributed by atoms with Gasteiger partial charge in [-0.15, -0.1) is 0 Å². The highest BCUT2D eigenvalue weighted by molar-refractivity contribution is 5.29. The Morgan fingerprint density at radius 2 is 2.12 bits per heavy atom. The van der Waals surface area contributed by atoms with E-state index in [4.69, 9.17) is 4.74 Å². The summed E-state index contributed by atoms with van der Waals surface area (Å²) in [6.07, 6.45) is 2.84. The number of fused-ring (bicyclic) bond motifs is 1. The molecule has 0 saturated heterocycles. The lowest BCUT2D eigenvalue weighted by Gasteiger charge is -2.28. The van der Waals surface area contributed by atoms with Crippen LogP contribution in [0.4, 0.5) is 0 Å². The van der Waals surface area contributed by atoms with Crippen molar-refractivity contribution in [2.24, 2.45) is 5.92 Å². The molecule has 2 unspecified atom stereocenters. The second-order valence-electron chi connectivity index (χ2n) is 4.50. The van der Waals surface area contributed by atoms with E-state index in [1.54, 1.807) is 0 Å². The van der Waals surface area contributed by atoms with E-state index in [2.05, 4.69) is 24.3 Å². The lowest BCUT2D eigenvalue weighted by atomic mass is 9.81. The summed E-state index contributed by atoms with van der Waals surface area (Å²) in [6.45, 7) is 3.12. The number of rotatable bonds is 4. The van der Waals surface area contributed by atoms with Gasteiger partial charge < -0.3 is 9.84 Å². The van der Waals surface area contributed by atoms with E-state index < -0.39 is 0 Å². The van der Waals surface area contributed by atoms with Crippen LogP contribution in [0.2, 0.25) is 0 Å². The monoisotopic (exact) mass is 220 g/mol. The van der Waals surface area contributed by atoms with Gasteiger partial charge in [0.15, 0.2) is 0 Å². The molecule has 1 aliphatic carbocycles. The van der Waals surface area contributed by atoms with Crippen molar-refractivity contribution in [2.45, 2.75) is 32.3 Å². The van der Waals surface area contributed by atoms with Crippen molar-refractivity contribution in [1.82, 2.24) is 0 Å². The Kier molecular flexibility index (Phi) is 3.97. The minimum atomic E-state index is -0.312. The van der Waals surface area contributed by atoms with Crippen LogP contribution >= 0.6 is 0 Å². The molecule has 0 bridgehead atoms. The fourth-order valence-corrected chi connectivity index (χ4v) is 2.43. The van der Waals surface area contributed by atoms with Crippen LogP contribution < -0.4 is 0 Å². The maximum absolute atomic E-state index is 10.0. The van der Waals surface area contributed by atoms with Crippen LogP contribution in [0.3, 0.4) is 0 Å². The number of hydrogen-bond donors (Lipinski definition) is 1. The number of benzene rings is 1. The van der Waals surface area contributed by atoms with Crippen LogP contribution in [-0.2, 0) is 17.6 Å². The van der Waals surface area contributed by atoms with Crippen molar-refractivity contribution < 1.29 is 9.84 Å². The van der Waals surface area contributed by atoms with E-state index in [0.29, 0.717) is 19.1 Å². The van der Waals surface area contributed by atoms with E-state index in [0.717, 1.165) is 19.3 Å². The highest BCUT2D eigenvalue weighted by Crippen LogP contribution is 2.27. The molecular formula is C14H20O2. The van der Waals surface area contributed by atoms with Gasteiger partial charge >= 0.3 is 0 Å². The first-order chi connectivity index (χ1) is 7.81. The van der Waals surface area contributed by atoms with Gasteiger partial charge in [0.2, 0.25) is 0 Å². The molecule has 0 aliphatic heterocycles. The third-order valence-electron chi connectivity index (χ3n) is 3.42. The zero-order valence-electron chi connectivity index (χ0n) is 9.86. The van der Waals surface area contributed by atoms with Crippen molar-refractivity contribution in [3.63, 3.8) is 0 Å². The molecule has 0 spiro atoms. The van der Waals surface area contributed by atoms with Gasteiger partial charge in [0.05, 0.1) is 12.7 Å². The molecule has 0 amide bonds. The van der Waals surface area contributed by atoms with Gasteiger partial charge in [0.25, 0.3) is 0 Å². The Bertz CT molecular complexity index is 335. The average molecular weight is 220 g/mol. The molecule has 0 heterocycles. The van der Waals surface area contributed by atoms with E-state index in [1.807, 2.05) is 6.92 Å². The van der Waals surface area contributed by atoms with Gasteiger partial charge in [-0.2, -0.15) is 0 Å². The molecule has 1 N–H and O–H groups in total. The number of aliphatic hydroxyl groups is 1. The number of aryl methyl sites for hydroxylation is 1. The van der Waals surface area contributed by atoms with Crippen LogP contribution in [0, 0.1) is 5.92 Å². The largest absolute Gasteiger partial charge is 0.390 e. The third-order valence-corrected chi connectivity index (χ3v) is 3.42. The molecule has 0 fully saturated rings. The first-order valence-corrected chi connectivity index (χ1v) is 6.14. The minimum absolute atomic E-state index is 0.312. The average Bonchev–Trinajstić information content (AvgIpc) is 2.35. The molecule has 0 aromatic heterocycles. The number of ether oxygens (including phenoxy) is 1. The molecule has 2 heteroatoms. The smallest absolute Gasteiger partial charge is 0.0805 e. The highest BCUT2D eigenvalue weighted by Gasteiger charge is 2.24. The van der Waals surface area contributed by atoms with E-state index in [1.165, 1.54) is 11.1 Å². The molecule has 2 rings (SSSR count). The number of hydrogen-bond acceptors (Lipinski definition) is 2. The molecule has 16 heavy (non-hydrogen) atoms. The van der Waals surface area contributed by atoms with Crippen molar-refractivity contribution in [3.8, 4) is 0 Å². The summed E-state index contributed by atoms with van der Waals surface area (Å²) in [7, 11) is 0. The van der Waals surface area contributed by atoms with Crippen molar-refractivity contribution in [1.29, 1.82) is 0 Å². The summed E-state index contributed by atoms with van der Waals surface area (Å²) < 4.78 is 5.29. The second kappa shape index (κ2) is 5.46. The molecule has 0 saturated carbocycles. The summed E-state index contributed by atoms with van der Waals surface area (Å²) in [5.74, 6) is 0.362. The maximum atomic E-state index is 10.0. The maximum Gasteiger partial charge on any atom is 0.0805 e. The van der Waals surface area contributed by atoms with Crippen molar-refractivity contribution in [2.75, 3.05) is 13.2 Å². The Morgan fingerprint density at radius 3 is 2.88 bits per heavy atom. The van der Waals surface area contributed by atoms with Gasteiger partial charge in [-0.05, 0) is 43.2 Å². The fourth-order valence-electron chi connectivity index (χ4n) is 2.43. The van der Waals surface area contributed by atoms with Gasteiger partial charge in [-0.1, -0.05) is 24.3 Å². The van der Waals surface area contributed by atoms with E-state index in [-0.39, 0.29) is 6.10 Å². The standard InChI is InChI=1S/C14H20O2/c1-2-16-10-14(15)13-8-7-11-5-3-4-6-12(11)9-13/h3-6,13-15H,2,7-10H2,1H3. The molecule has 2 atom stereocenters. The predicted octanol–water partition coefficient (Wildman–Crippen LogP) is 2.19. The molecule has 1 aromatic rings. The number of aliphatic hydroxyl groups excluding tert-OH is 1. The summed E-state index contributed by atoms with van der Waals surface area (Å²) >= 11 is 0. The van der Waals surface area contributed by atoms with Crippen molar-refractivity contribution >= 4 is 0 Å². The van der Waals surface area contributed by atoms with Gasteiger partial charge in [0.1, 0.15) is 0 Å². The van der Waals surface area contributed by atoms with E-state index >= 15 is 0 Å². The Hall–Kier alpha value is -0.860. The van der Waals surface area contributed by atoms with Crippen LogP contribution in [0.1, 0.15) is 24.5 Å². The van der Waals surface area contributed by atoms with Gasteiger partial charge in [0, 0.05) is 6.61 Å². The first kappa shape index (κ1) is 11.6. The third kappa shape index (κ3) is 2.63. The Morgan fingerprint density at radius 1 is 1.38 bits per heavy atom. The molecule has 0 radical (unpaired) electrons. The van der Waals surface area contributed by atoms with Crippen LogP contribution in [0.15, 0.2) is 24.3 Å². The summed E-state index contributed by atoms with van der Waals surface area (Å²) in [6, 6.07) is 8.54. The molecule has 1 aliphatic rings. The minimum Gasteiger partial charge on any atom is -0.390 e. The van der Waals surface area contributed by atoms with Crippen LogP contribution in [0.25, 0.3) is 0 Å². The zero-order chi connectivity index (χ0) is 11.4. The molecule has 1 aromatic carbocycles. The van der Waals surface area contributed by atoms with E-state index in [9.17, 15) is 5.11 Å². The van der Waals surface area contributed by atoms with Crippen LogP contribution in [-0.4, -0.2) is 24.4 Å². The Labute approximate surface area is 97.3 Å². The van der Waals surface area contributed by atoms with Gasteiger partial charge in [-0.25, -0.2) is 0 Å². The first-order valence-electron chi connectivity index (χ1n) is 6.14. The highest BCUT2D eigenvalue weighted by atomic mass is 16.5. The van der Waals surface area contributed by atoms with Crippen LogP contribution in [0.5, 0.6) is 0 Å². The SMILES string of the molecule is CCOCC(O)C1CCc2ccccc2C1. The Balaban J connectivity index is 1.97. The molecule has 2 nitrogen and oxygen atoms in total. The summed E-state index contributed by atoms with van der Waals surface area (Å²) in [5.41, 5.74) is 2.84. The second-order valence-corrected chi connectivity index (χ2v) is 4.50. The topological polar surface area (TPSA) is 29.5 Å². The zero-order valence-corrected chi connectivity index (χ0v) is 9.86. The lowest BCUT2D eigenvalue weighted by Crippen LogP contribution is -2.30. The van der Waals surface area contributed by atoms with Gasteiger partial charge in [-0.3, -0.25) is 0 Å². The molecular weight excluding hydrogens is 200 g/mol. The normalized spacial score (nSPS) is 21.5. The summed E-state index contributed by atoms with van der Waals surface area (Å²) in [4.78, 5) is 0. The fraction of sp³-hybridized carbons (Fsp3) is 0.571. The van der Waals surface area contributed by atoms with Crippen molar-refractivity contribution in [3.05, 3.63) is 35.4 Å². The predicted molar refractivity (Wildman–Crippen MR) is 64.5 cm³/mol. The molecule has 88 valence electrons. The summed E-state index contributed by atoms with van der Waals surface area (Å²) in [5, 5.41) is 10.0. The quantitative estimate of drug-likeness (QED) is 0.843. The lowest BCUT2D eigenvalue weighted by molar-refractivity contribution is 0.00532.